The minimum Gasteiger partial charge on any atom is -0.324 e. The second-order valence-corrected chi connectivity index (χ2v) is 13.7. The molecule has 49 heavy (non-hydrogen) atoms. The third-order valence-corrected chi connectivity index (χ3v) is 10.1. The summed E-state index contributed by atoms with van der Waals surface area (Å²) in [6, 6.07) is 45.1. The van der Waals surface area contributed by atoms with E-state index >= 15 is 0 Å². The number of hydrogen-bond donors (Lipinski definition) is 3. The summed E-state index contributed by atoms with van der Waals surface area (Å²) in [5.74, 6) is 1.23. The first-order valence-electron chi connectivity index (χ1n) is 15.4. The number of hydrogen-bond acceptors (Lipinski definition) is 9. The van der Waals surface area contributed by atoms with Crippen LogP contribution in [0.4, 0.5) is 23.3 Å². The Morgan fingerprint density at radius 3 is 1.29 bits per heavy atom. The highest BCUT2D eigenvalue weighted by molar-refractivity contribution is 7.85. The summed E-state index contributed by atoms with van der Waals surface area (Å²) < 4.78 is 25.8. The molecule has 1 aromatic heterocycles. The van der Waals surface area contributed by atoms with Crippen LogP contribution in [0.5, 0.6) is 0 Å². The Morgan fingerprint density at radius 2 is 0.878 bits per heavy atom. The molecule has 0 spiro atoms. The van der Waals surface area contributed by atoms with Gasteiger partial charge in [0, 0.05) is 31.3 Å². The Labute approximate surface area is 290 Å². The van der Waals surface area contributed by atoms with Crippen molar-refractivity contribution >= 4 is 56.3 Å². The summed E-state index contributed by atoms with van der Waals surface area (Å²) in [7, 11) is -2.52. The highest BCUT2D eigenvalue weighted by atomic mass is 32.2. The van der Waals surface area contributed by atoms with Gasteiger partial charge in [-0.3, -0.25) is 10.9 Å². The predicted octanol–water partition coefficient (Wildman–Crippen LogP) is 8.23. The van der Waals surface area contributed by atoms with E-state index in [9.17, 15) is 8.42 Å². The first-order chi connectivity index (χ1) is 23.9. The average Bonchev–Trinajstić information content (AvgIpc) is 3.16. The number of aromatic nitrogens is 2. The highest BCUT2D eigenvalue weighted by Gasteiger charge is 2.10. The number of hydrazone groups is 2. The van der Waals surface area contributed by atoms with Crippen molar-refractivity contribution in [1.82, 2.24) is 9.97 Å². The molecule has 11 heteroatoms. The lowest BCUT2D eigenvalue weighted by Gasteiger charge is -2.11. The van der Waals surface area contributed by atoms with E-state index in [-0.39, 0.29) is 0 Å². The maximum atomic E-state index is 12.9. The zero-order valence-corrected chi connectivity index (χ0v) is 28.4. The Kier molecular flexibility index (Phi) is 10.7. The second kappa shape index (κ2) is 15.9. The highest BCUT2D eigenvalue weighted by Crippen LogP contribution is 2.21. The number of rotatable bonds is 12. The average molecular weight is 684 g/mol. The van der Waals surface area contributed by atoms with Crippen LogP contribution < -0.4 is 16.2 Å². The van der Waals surface area contributed by atoms with Crippen molar-refractivity contribution in [2.45, 2.75) is 33.4 Å². The zero-order chi connectivity index (χ0) is 34.0. The second-order valence-electron chi connectivity index (χ2n) is 10.8. The molecule has 0 saturated carbocycles. The molecule has 0 bridgehead atoms. The van der Waals surface area contributed by atoms with E-state index in [0.29, 0.717) is 38.8 Å². The number of benzene rings is 5. The molecule has 6 rings (SSSR count). The molecule has 0 saturated heterocycles. The Hall–Kier alpha value is -5.78. The first-order valence-corrected chi connectivity index (χ1v) is 17.7. The Morgan fingerprint density at radius 1 is 0.510 bits per heavy atom. The summed E-state index contributed by atoms with van der Waals surface area (Å²) in [6.07, 6.45) is 0. The van der Waals surface area contributed by atoms with E-state index in [1.165, 1.54) is 0 Å². The number of para-hydroxylation sites is 1. The van der Waals surface area contributed by atoms with Crippen molar-refractivity contribution < 1.29 is 8.42 Å². The van der Waals surface area contributed by atoms with E-state index < -0.39 is 21.6 Å². The minimum absolute atomic E-state index is 0.347. The molecule has 2 atom stereocenters. The van der Waals surface area contributed by atoms with Crippen LogP contribution in [0, 0.1) is 0 Å². The van der Waals surface area contributed by atoms with E-state index in [1.807, 2.05) is 153 Å². The van der Waals surface area contributed by atoms with Gasteiger partial charge in [0.15, 0.2) is 11.6 Å². The molecule has 9 nitrogen and oxygen atoms in total. The predicted molar refractivity (Wildman–Crippen MR) is 199 cm³/mol. The maximum Gasteiger partial charge on any atom is 0.231 e. The first kappa shape index (κ1) is 33.1. The molecule has 6 aromatic rings. The van der Waals surface area contributed by atoms with Crippen LogP contribution in [0.2, 0.25) is 0 Å². The van der Waals surface area contributed by atoms with Crippen LogP contribution in [0.1, 0.15) is 25.0 Å². The van der Waals surface area contributed by atoms with Gasteiger partial charge in [0.1, 0.15) is 0 Å². The van der Waals surface area contributed by atoms with Gasteiger partial charge in [-0.2, -0.15) is 20.2 Å². The lowest BCUT2D eigenvalue weighted by molar-refractivity contribution is 0.682. The molecule has 5 aromatic carbocycles. The third kappa shape index (κ3) is 8.78. The van der Waals surface area contributed by atoms with Gasteiger partial charge >= 0.3 is 0 Å². The maximum absolute atomic E-state index is 12.9. The largest absolute Gasteiger partial charge is 0.324 e. The van der Waals surface area contributed by atoms with E-state index in [2.05, 4.69) is 36.3 Å². The molecule has 3 N–H and O–H groups in total. The smallest absolute Gasteiger partial charge is 0.231 e. The van der Waals surface area contributed by atoms with Gasteiger partial charge in [0.2, 0.25) is 5.95 Å². The summed E-state index contributed by atoms with van der Waals surface area (Å²) in [4.78, 5) is 12.1. The molecule has 0 amide bonds. The van der Waals surface area contributed by atoms with Crippen molar-refractivity contribution in [3.63, 3.8) is 0 Å². The summed E-state index contributed by atoms with van der Waals surface area (Å²) >= 11 is 0. The van der Waals surface area contributed by atoms with Crippen LogP contribution in [0.3, 0.4) is 0 Å². The number of nitrogens with zero attached hydrogens (tertiary/aromatic N) is 4. The number of nitrogens with one attached hydrogen (secondary N) is 3. The standard InChI is InChI=1S/C38H33N7O2S2/c1-27(29-18-22-34(23-19-29)48(46)32-14-8-4-9-15-32)42-44-36-26-37(41-38(40-36)39-31-12-6-3-7-13-31)45-43-28(2)30-20-24-35(25-21-30)49(47)33-16-10-5-11-17-33/h3-26H,1-2H3,(H3,39,40,41,44,45). The van der Waals surface area contributed by atoms with Gasteiger partial charge in [-0.05, 0) is 85.6 Å². The van der Waals surface area contributed by atoms with Gasteiger partial charge in [-0.1, -0.05) is 78.9 Å². The van der Waals surface area contributed by atoms with Gasteiger partial charge in [0.25, 0.3) is 0 Å². The fourth-order valence-corrected chi connectivity index (χ4v) is 6.80. The molecular formula is C38H33N7O2S2. The fraction of sp³-hybridized carbons (Fsp3) is 0.0526. The number of anilines is 4. The summed E-state index contributed by atoms with van der Waals surface area (Å²) in [5, 5.41) is 12.3. The van der Waals surface area contributed by atoms with Crippen LogP contribution in [0.25, 0.3) is 0 Å². The van der Waals surface area contributed by atoms with Crippen molar-refractivity contribution in [2.75, 3.05) is 16.2 Å². The SMILES string of the molecule is CC(=NNc1cc(NN=C(C)c2ccc(S(=O)c3ccccc3)cc2)nc(Nc2ccccc2)n1)c1ccc(S(=O)c2ccccc2)cc1. The van der Waals surface area contributed by atoms with E-state index in [1.54, 1.807) is 6.07 Å². The molecule has 0 radical (unpaired) electrons. The van der Waals surface area contributed by atoms with Crippen molar-refractivity contribution in [3.8, 4) is 0 Å². The van der Waals surface area contributed by atoms with Crippen LogP contribution in [0.15, 0.2) is 175 Å². The lowest BCUT2D eigenvalue weighted by atomic mass is 10.1. The van der Waals surface area contributed by atoms with Gasteiger partial charge < -0.3 is 5.32 Å². The van der Waals surface area contributed by atoms with Gasteiger partial charge in [-0.15, -0.1) is 0 Å². The minimum atomic E-state index is -1.26. The van der Waals surface area contributed by atoms with Crippen LogP contribution in [-0.2, 0) is 21.6 Å². The normalized spacial score (nSPS) is 12.9. The zero-order valence-electron chi connectivity index (χ0n) is 26.8. The Balaban J connectivity index is 1.18. The van der Waals surface area contributed by atoms with Crippen LogP contribution in [-0.4, -0.2) is 29.8 Å². The van der Waals surface area contributed by atoms with E-state index in [0.717, 1.165) is 26.6 Å². The third-order valence-electron chi connectivity index (χ3n) is 7.32. The Bertz CT molecular complexity index is 1990. The molecule has 2 unspecified atom stereocenters. The molecule has 0 aliphatic heterocycles. The quantitative estimate of drug-likeness (QED) is 0.0878. The van der Waals surface area contributed by atoms with Crippen LogP contribution >= 0.6 is 0 Å². The van der Waals surface area contributed by atoms with Gasteiger partial charge in [-0.25, -0.2) is 8.42 Å². The van der Waals surface area contributed by atoms with Crippen molar-refractivity contribution in [3.05, 3.63) is 157 Å². The molecule has 1 heterocycles. The summed E-state index contributed by atoms with van der Waals surface area (Å²) in [5.41, 5.74) is 10.1. The molecule has 0 aliphatic rings. The lowest BCUT2D eigenvalue weighted by Crippen LogP contribution is -2.07. The molecular weight excluding hydrogens is 651 g/mol. The molecule has 0 fully saturated rings. The fourth-order valence-electron chi connectivity index (χ4n) is 4.68. The topological polar surface area (TPSA) is 121 Å². The molecule has 0 aliphatic carbocycles. The van der Waals surface area contributed by atoms with Gasteiger partial charge in [0.05, 0.1) is 33.0 Å². The van der Waals surface area contributed by atoms with Crippen molar-refractivity contribution in [2.24, 2.45) is 10.2 Å². The van der Waals surface area contributed by atoms with Crippen molar-refractivity contribution in [1.29, 1.82) is 0 Å². The molecule has 244 valence electrons. The summed E-state index contributed by atoms with van der Waals surface area (Å²) in [6.45, 7) is 3.77. The van der Waals surface area contributed by atoms with E-state index in [4.69, 9.17) is 0 Å². The monoisotopic (exact) mass is 683 g/mol.